The number of aliphatic carboxylic acids is 1. The number of carboxylic acid groups (broad SMARTS) is 1. The van der Waals surface area contributed by atoms with Crippen LogP contribution in [0.5, 0.6) is 0 Å². The molecule has 1 unspecified atom stereocenters. The van der Waals surface area contributed by atoms with Crippen LogP contribution in [-0.4, -0.2) is 17.1 Å². The smallest absolute Gasteiger partial charge is 0.416 e. The number of rotatable bonds is 4. The molecule has 6 heteroatoms. The average Bonchev–Trinajstić information content (AvgIpc) is 2.15. The van der Waals surface area contributed by atoms with E-state index in [9.17, 15) is 18.0 Å². The van der Waals surface area contributed by atoms with Crippen LogP contribution in [0.3, 0.4) is 0 Å². The molecule has 0 bridgehead atoms. The Balaban J connectivity index is 2.76. The zero-order chi connectivity index (χ0) is 13.1. The number of halogens is 3. The molecule has 0 fully saturated rings. The second-order valence-electron chi connectivity index (χ2n) is 3.72. The van der Waals surface area contributed by atoms with Crippen LogP contribution in [0.15, 0.2) is 24.3 Å². The Morgan fingerprint density at radius 3 is 2.65 bits per heavy atom. The van der Waals surface area contributed by atoms with Crippen LogP contribution >= 0.6 is 0 Å². The highest BCUT2D eigenvalue weighted by atomic mass is 19.4. The van der Waals surface area contributed by atoms with Crippen molar-refractivity contribution in [3.63, 3.8) is 0 Å². The molecule has 0 amide bonds. The minimum atomic E-state index is -4.40. The van der Waals surface area contributed by atoms with Crippen LogP contribution in [0.25, 0.3) is 0 Å². The molecule has 1 atom stereocenters. The first-order chi connectivity index (χ1) is 7.79. The van der Waals surface area contributed by atoms with E-state index >= 15 is 0 Å². The molecule has 1 aromatic rings. The van der Waals surface area contributed by atoms with Crippen molar-refractivity contribution in [2.45, 2.75) is 25.6 Å². The highest BCUT2D eigenvalue weighted by molar-refractivity contribution is 5.68. The van der Waals surface area contributed by atoms with Gasteiger partial charge in [-0.3, -0.25) is 4.79 Å². The Morgan fingerprint density at radius 2 is 2.12 bits per heavy atom. The first-order valence-corrected chi connectivity index (χ1v) is 4.94. The van der Waals surface area contributed by atoms with Gasteiger partial charge in [0.05, 0.1) is 12.0 Å². The van der Waals surface area contributed by atoms with E-state index < -0.39 is 23.8 Å². The van der Waals surface area contributed by atoms with Gasteiger partial charge in [0.15, 0.2) is 0 Å². The van der Waals surface area contributed by atoms with Crippen molar-refractivity contribution in [1.29, 1.82) is 0 Å². The van der Waals surface area contributed by atoms with Gasteiger partial charge in [-0.25, -0.2) is 0 Å². The van der Waals surface area contributed by atoms with Crippen molar-refractivity contribution in [3.05, 3.63) is 29.8 Å². The molecule has 1 rings (SSSR count). The third-order valence-corrected chi connectivity index (χ3v) is 2.08. The summed E-state index contributed by atoms with van der Waals surface area (Å²) in [5.41, 5.74) is -0.501. The van der Waals surface area contributed by atoms with Gasteiger partial charge in [-0.05, 0) is 25.1 Å². The maximum absolute atomic E-state index is 12.4. The molecule has 3 nitrogen and oxygen atoms in total. The summed E-state index contributed by atoms with van der Waals surface area (Å²) < 4.78 is 37.2. The van der Waals surface area contributed by atoms with E-state index in [0.717, 1.165) is 12.1 Å². The van der Waals surface area contributed by atoms with E-state index in [4.69, 9.17) is 5.11 Å². The molecule has 0 aliphatic rings. The van der Waals surface area contributed by atoms with Crippen molar-refractivity contribution < 1.29 is 23.1 Å². The summed E-state index contributed by atoms with van der Waals surface area (Å²) in [6, 6.07) is 4.23. The predicted molar refractivity (Wildman–Crippen MR) is 56.8 cm³/mol. The van der Waals surface area contributed by atoms with Crippen molar-refractivity contribution >= 4 is 11.7 Å². The normalized spacial score (nSPS) is 13.2. The van der Waals surface area contributed by atoms with Gasteiger partial charge in [0.2, 0.25) is 0 Å². The van der Waals surface area contributed by atoms with E-state index in [1.807, 2.05) is 0 Å². The second-order valence-corrected chi connectivity index (χ2v) is 3.72. The lowest BCUT2D eigenvalue weighted by atomic mass is 10.1. The van der Waals surface area contributed by atoms with Gasteiger partial charge in [0.25, 0.3) is 0 Å². The number of anilines is 1. The van der Waals surface area contributed by atoms with Gasteiger partial charge < -0.3 is 10.4 Å². The van der Waals surface area contributed by atoms with Crippen LogP contribution in [0.4, 0.5) is 18.9 Å². The highest BCUT2D eigenvalue weighted by Gasteiger charge is 2.30. The maximum Gasteiger partial charge on any atom is 0.416 e. The molecule has 0 saturated carbocycles. The fraction of sp³-hybridized carbons (Fsp3) is 0.364. The van der Waals surface area contributed by atoms with Crippen LogP contribution in [0.1, 0.15) is 18.9 Å². The van der Waals surface area contributed by atoms with E-state index in [1.165, 1.54) is 12.1 Å². The average molecular weight is 247 g/mol. The summed E-state index contributed by atoms with van der Waals surface area (Å²) in [6.45, 7) is 1.59. The SMILES string of the molecule is CC(CC(=O)O)Nc1cccc(C(F)(F)F)c1. The zero-order valence-electron chi connectivity index (χ0n) is 9.08. The lowest BCUT2D eigenvalue weighted by Gasteiger charge is -2.14. The highest BCUT2D eigenvalue weighted by Crippen LogP contribution is 2.30. The van der Waals surface area contributed by atoms with E-state index in [-0.39, 0.29) is 12.1 Å². The zero-order valence-corrected chi connectivity index (χ0v) is 9.08. The number of nitrogens with one attached hydrogen (secondary N) is 1. The topological polar surface area (TPSA) is 49.3 Å². The molecular weight excluding hydrogens is 235 g/mol. The Labute approximate surface area is 96.3 Å². The molecule has 17 heavy (non-hydrogen) atoms. The summed E-state index contributed by atoms with van der Waals surface area (Å²) in [7, 11) is 0. The molecule has 2 N–H and O–H groups in total. The van der Waals surface area contributed by atoms with Crippen LogP contribution in [0, 0.1) is 0 Å². The van der Waals surface area contributed by atoms with Crippen molar-refractivity contribution in [2.75, 3.05) is 5.32 Å². The lowest BCUT2D eigenvalue weighted by Crippen LogP contribution is -2.19. The maximum atomic E-state index is 12.4. The van der Waals surface area contributed by atoms with Gasteiger partial charge in [-0.1, -0.05) is 6.07 Å². The Bertz CT molecular complexity index is 404. The summed E-state index contributed by atoms with van der Waals surface area (Å²) in [5.74, 6) is -1.00. The van der Waals surface area contributed by atoms with Crippen LogP contribution < -0.4 is 5.32 Å². The predicted octanol–water partition coefficient (Wildman–Crippen LogP) is 2.98. The first-order valence-electron chi connectivity index (χ1n) is 4.94. The van der Waals surface area contributed by atoms with Gasteiger partial charge in [0, 0.05) is 11.7 Å². The monoisotopic (exact) mass is 247 g/mol. The molecule has 0 saturated heterocycles. The first kappa shape index (κ1) is 13.3. The standard InChI is InChI=1S/C11H12F3NO2/c1-7(5-10(16)17)15-9-4-2-3-8(6-9)11(12,13)14/h2-4,6-7,15H,5H2,1H3,(H,16,17). The largest absolute Gasteiger partial charge is 0.481 e. The number of alkyl halides is 3. The van der Waals surface area contributed by atoms with Crippen LogP contribution in [-0.2, 0) is 11.0 Å². The van der Waals surface area contributed by atoms with Gasteiger partial charge in [-0.2, -0.15) is 13.2 Å². The molecule has 1 aromatic carbocycles. The minimum absolute atomic E-state index is 0.157. The third kappa shape index (κ3) is 4.34. The summed E-state index contributed by atoms with van der Waals surface area (Å²) >= 11 is 0. The number of hydrogen-bond donors (Lipinski definition) is 2. The molecule has 94 valence electrons. The Morgan fingerprint density at radius 1 is 1.47 bits per heavy atom. The fourth-order valence-electron chi connectivity index (χ4n) is 1.38. The molecule has 0 aliphatic heterocycles. The van der Waals surface area contributed by atoms with Crippen molar-refractivity contribution in [3.8, 4) is 0 Å². The quantitative estimate of drug-likeness (QED) is 0.859. The van der Waals surface area contributed by atoms with E-state index in [2.05, 4.69) is 5.32 Å². The van der Waals surface area contributed by atoms with Gasteiger partial charge in [0.1, 0.15) is 0 Å². The second kappa shape index (κ2) is 5.07. The lowest BCUT2D eigenvalue weighted by molar-refractivity contribution is -0.138. The van der Waals surface area contributed by atoms with E-state index in [0.29, 0.717) is 0 Å². The third-order valence-electron chi connectivity index (χ3n) is 2.08. The summed E-state index contributed by atoms with van der Waals surface area (Å²) in [4.78, 5) is 10.4. The molecule has 0 aromatic heterocycles. The summed E-state index contributed by atoms with van der Waals surface area (Å²) in [6.07, 6.45) is -4.55. The number of carboxylic acids is 1. The number of hydrogen-bond acceptors (Lipinski definition) is 2. The number of benzene rings is 1. The molecule has 0 spiro atoms. The molecular formula is C11H12F3NO2. The van der Waals surface area contributed by atoms with E-state index in [1.54, 1.807) is 6.92 Å². The fourth-order valence-corrected chi connectivity index (χ4v) is 1.38. The Kier molecular flexibility index (Phi) is 3.98. The Hall–Kier alpha value is -1.72. The molecule has 0 aliphatic carbocycles. The molecule has 0 heterocycles. The van der Waals surface area contributed by atoms with Crippen molar-refractivity contribution in [1.82, 2.24) is 0 Å². The van der Waals surface area contributed by atoms with Crippen LogP contribution in [0.2, 0.25) is 0 Å². The molecule has 0 radical (unpaired) electrons. The van der Waals surface area contributed by atoms with Gasteiger partial charge in [-0.15, -0.1) is 0 Å². The minimum Gasteiger partial charge on any atom is -0.481 e. The summed E-state index contributed by atoms with van der Waals surface area (Å²) in [5, 5.41) is 11.2. The van der Waals surface area contributed by atoms with Gasteiger partial charge >= 0.3 is 12.1 Å². The number of carbonyl (C=O) groups is 1. The van der Waals surface area contributed by atoms with Crippen molar-refractivity contribution in [2.24, 2.45) is 0 Å².